The molecule has 0 spiro atoms. The Morgan fingerprint density at radius 3 is 2.82 bits per heavy atom. The summed E-state index contributed by atoms with van der Waals surface area (Å²) in [6.07, 6.45) is 1.81. The van der Waals surface area contributed by atoms with Crippen LogP contribution in [-0.2, 0) is 0 Å². The molecule has 0 amide bonds. The van der Waals surface area contributed by atoms with Gasteiger partial charge in [0, 0.05) is 10.0 Å². The summed E-state index contributed by atoms with van der Waals surface area (Å²) < 4.78 is 16.1. The highest BCUT2D eigenvalue weighted by Crippen LogP contribution is 2.30. The molecule has 0 N–H and O–H groups in total. The van der Waals surface area contributed by atoms with Gasteiger partial charge in [0.1, 0.15) is 5.82 Å². The second-order valence-corrected chi connectivity index (χ2v) is 6.42. The molecular formula is C10H4Br2FN3S. The van der Waals surface area contributed by atoms with E-state index in [1.165, 1.54) is 23.5 Å². The lowest BCUT2D eigenvalue weighted by molar-refractivity contribution is 0.627. The quantitative estimate of drug-likeness (QED) is 0.639. The van der Waals surface area contributed by atoms with E-state index >= 15 is 0 Å². The van der Waals surface area contributed by atoms with E-state index in [1.54, 1.807) is 10.6 Å². The number of benzene rings is 1. The van der Waals surface area contributed by atoms with Crippen molar-refractivity contribution in [2.24, 2.45) is 0 Å². The molecule has 0 fully saturated rings. The van der Waals surface area contributed by atoms with Gasteiger partial charge in [0.2, 0.25) is 4.96 Å². The van der Waals surface area contributed by atoms with Crippen molar-refractivity contribution >= 4 is 48.2 Å². The Bertz CT molecular complexity index is 675. The highest BCUT2D eigenvalue weighted by atomic mass is 79.9. The van der Waals surface area contributed by atoms with Gasteiger partial charge in [0.15, 0.2) is 3.92 Å². The van der Waals surface area contributed by atoms with E-state index in [0.29, 0.717) is 4.47 Å². The molecule has 3 nitrogen and oxygen atoms in total. The van der Waals surface area contributed by atoms with Crippen LogP contribution in [-0.4, -0.2) is 14.6 Å². The Hall–Kier alpha value is -0.790. The van der Waals surface area contributed by atoms with E-state index in [9.17, 15) is 4.39 Å². The van der Waals surface area contributed by atoms with E-state index in [1.807, 2.05) is 6.20 Å². The molecule has 0 saturated heterocycles. The molecular weight excluding hydrogens is 373 g/mol. The fraction of sp³-hybridized carbons (Fsp3) is 0. The van der Waals surface area contributed by atoms with Gasteiger partial charge in [-0.25, -0.2) is 13.9 Å². The van der Waals surface area contributed by atoms with E-state index in [2.05, 4.69) is 41.9 Å². The Morgan fingerprint density at radius 2 is 2.12 bits per heavy atom. The largest absolute Gasteiger partial charge is 0.217 e. The zero-order valence-electron chi connectivity index (χ0n) is 8.19. The molecule has 0 saturated carbocycles. The maximum atomic E-state index is 13.0. The molecule has 3 rings (SSSR count). The third-order valence-electron chi connectivity index (χ3n) is 2.23. The normalized spacial score (nSPS) is 11.2. The van der Waals surface area contributed by atoms with Crippen molar-refractivity contribution in [2.75, 3.05) is 0 Å². The van der Waals surface area contributed by atoms with Crippen LogP contribution < -0.4 is 0 Å². The first kappa shape index (κ1) is 11.3. The third-order valence-corrected chi connectivity index (χ3v) is 4.24. The standard InChI is InChI=1S/C10H4Br2FN3S/c11-7-3-5(13)1-2-6(7)8-4-16-10(14-8)17-9(12)15-16/h1-4H. The summed E-state index contributed by atoms with van der Waals surface area (Å²) in [5.74, 6) is -0.275. The van der Waals surface area contributed by atoms with Gasteiger partial charge in [-0.15, -0.1) is 5.10 Å². The second-order valence-electron chi connectivity index (χ2n) is 3.33. The number of fused-ring (bicyclic) bond motifs is 1. The van der Waals surface area contributed by atoms with Gasteiger partial charge in [0.05, 0.1) is 11.9 Å². The second kappa shape index (κ2) is 4.15. The molecule has 0 aliphatic carbocycles. The summed E-state index contributed by atoms with van der Waals surface area (Å²) in [7, 11) is 0. The van der Waals surface area contributed by atoms with Crippen LogP contribution in [0.25, 0.3) is 16.2 Å². The number of nitrogens with zero attached hydrogens (tertiary/aromatic N) is 3. The van der Waals surface area contributed by atoms with E-state index in [4.69, 9.17) is 0 Å². The van der Waals surface area contributed by atoms with Crippen LogP contribution in [0, 0.1) is 5.82 Å². The molecule has 0 aliphatic heterocycles. The minimum Gasteiger partial charge on any atom is -0.217 e. The summed E-state index contributed by atoms with van der Waals surface area (Å²) in [6, 6.07) is 4.53. The molecule has 7 heteroatoms. The van der Waals surface area contributed by atoms with Gasteiger partial charge in [-0.1, -0.05) is 11.3 Å². The van der Waals surface area contributed by atoms with Crippen molar-refractivity contribution < 1.29 is 4.39 Å². The molecule has 2 aromatic heterocycles. The molecule has 17 heavy (non-hydrogen) atoms. The predicted molar refractivity (Wildman–Crippen MR) is 71.7 cm³/mol. The summed E-state index contributed by atoms with van der Waals surface area (Å²) in [6.45, 7) is 0. The van der Waals surface area contributed by atoms with E-state index in [-0.39, 0.29) is 5.82 Å². The Morgan fingerprint density at radius 1 is 1.29 bits per heavy atom. The summed E-state index contributed by atoms with van der Waals surface area (Å²) in [4.78, 5) is 5.23. The maximum absolute atomic E-state index is 13.0. The molecule has 0 atom stereocenters. The van der Waals surface area contributed by atoms with Gasteiger partial charge in [-0.05, 0) is 50.1 Å². The fourth-order valence-electron chi connectivity index (χ4n) is 1.50. The lowest BCUT2D eigenvalue weighted by atomic mass is 10.2. The monoisotopic (exact) mass is 375 g/mol. The first-order valence-electron chi connectivity index (χ1n) is 4.60. The molecule has 1 aromatic carbocycles. The fourth-order valence-corrected chi connectivity index (χ4v) is 3.27. The van der Waals surface area contributed by atoms with Crippen LogP contribution in [0.15, 0.2) is 32.8 Å². The lowest BCUT2D eigenvalue weighted by Crippen LogP contribution is -1.82. The summed E-state index contributed by atoms with van der Waals surface area (Å²) >= 11 is 8.07. The molecule has 0 unspecified atom stereocenters. The molecule has 0 radical (unpaired) electrons. The molecule has 0 bridgehead atoms. The Labute approximate surface area is 117 Å². The van der Waals surface area contributed by atoms with Crippen molar-refractivity contribution in [1.82, 2.24) is 14.6 Å². The van der Waals surface area contributed by atoms with Crippen LogP contribution in [0.1, 0.15) is 0 Å². The number of rotatable bonds is 1. The molecule has 3 aromatic rings. The van der Waals surface area contributed by atoms with Gasteiger partial charge in [-0.3, -0.25) is 0 Å². The van der Waals surface area contributed by atoms with Crippen LogP contribution in [0.2, 0.25) is 0 Å². The number of imidazole rings is 1. The lowest BCUT2D eigenvalue weighted by Gasteiger charge is -1.99. The van der Waals surface area contributed by atoms with Crippen molar-refractivity contribution in [3.63, 3.8) is 0 Å². The van der Waals surface area contributed by atoms with Crippen molar-refractivity contribution in [3.05, 3.63) is 38.6 Å². The SMILES string of the molecule is Fc1ccc(-c2cn3nc(Br)sc3n2)c(Br)c1. The van der Waals surface area contributed by atoms with E-state index < -0.39 is 0 Å². The number of halogens is 3. The van der Waals surface area contributed by atoms with Crippen molar-refractivity contribution in [3.8, 4) is 11.3 Å². The maximum Gasteiger partial charge on any atom is 0.213 e. The molecule has 0 aliphatic rings. The zero-order valence-corrected chi connectivity index (χ0v) is 12.2. The van der Waals surface area contributed by atoms with Gasteiger partial charge >= 0.3 is 0 Å². The van der Waals surface area contributed by atoms with Crippen LogP contribution >= 0.6 is 43.2 Å². The van der Waals surface area contributed by atoms with Crippen molar-refractivity contribution in [1.29, 1.82) is 0 Å². The first-order chi connectivity index (χ1) is 8.13. The average Bonchev–Trinajstić information content (AvgIpc) is 2.74. The van der Waals surface area contributed by atoms with Crippen molar-refractivity contribution in [2.45, 2.75) is 0 Å². The number of hydrogen-bond acceptors (Lipinski definition) is 3. The van der Waals surface area contributed by atoms with Gasteiger partial charge in [-0.2, -0.15) is 0 Å². The first-order valence-corrected chi connectivity index (χ1v) is 7.01. The van der Waals surface area contributed by atoms with Crippen LogP contribution in [0.4, 0.5) is 4.39 Å². The predicted octanol–water partition coefficient (Wildman–Crippen LogP) is 4.12. The smallest absolute Gasteiger partial charge is 0.213 e. The summed E-state index contributed by atoms with van der Waals surface area (Å²) in [5, 5.41) is 4.21. The summed E-state index contributed by atoms with van der Waals surface area (Å²) in [5.41, 5.74) is 1.61. The van der Waals surface area contributed by atoms with Crippen LogP contribution in [0.3, 0.4) is 0 Å². The third kappa shape index (κ3) is 2.02. The van der Waals surface area contributed by atoms with E-state index in [0.717, 1.165) is 20.1 Å². The Kier molecular flexibility index (Phi) is 2.76. The number of aromatic nitrogens is 3. The highest BCUT2D eigenvalue weighted by Gasteiger charge is 2.11. The number of hydrogen-bond donors (Lipinski definition) is 0. The average molecular weight is 377 g/mol. The Balaban J connectivity index is 2.16. The van der Waals surface area contributed by atoms with Gasteiger partial charge < -0.3 is 0 Å². The minimum atomic E-state index is -0.275. The van der Waals surface area contributed by atoms with Crippen LogP contribution in [0.5, 0.6) is 0 Å². The topological polar surface area (TPSA) is 30.2 Å². The minimum absolute atomic E-state index is 0.275. The van der Waals surface area contributed by atoms with Gasteiger partial charge in [0.25, 0.3) is 0 Å². The molecule has 86 valence electrons. The zero-order chi connectivity index (χ0) is 12.0. The highest BCUT2D eigenvalue weighted by molar-refractivity contribution is 9.11. The molecule has 2 heterocycles.